The molecule has 1 N–H and O–H groups in total. The number of nitrogens with zero attached hydrogens (tertiary/aromatic N) is 3. The number of likely N-dealkylation sites (N-methyl/N-ethyl adjacent to an activating group) is 1. The van der Waals surface area contributed by atoms with Crippen LogP contribution in [0.15, 0.2) is 52.9 Å². The molecule has 0 aliphatic carbocycles. The molecule has 1 aliphatic heterocycles. The van der Waals surface area contributed by atoms with E-state index in [2.05, 4.69) is 15.2 Å². The Kier molecular flexibility index (Phi) is 5.99. The number of piperidine rings is 1. The molecular weight excluding hydrogens is 383 g/mol. The summed E-state index contributed by atoms with van der Waals surface area (Å²) in [4.78, 5) is 21.4. The number of fused-ring (bicyclic) bond motifs is 1. The van der Waals surface area contributed by atoms with E-state index >= 15 is 0 Å². The van der Waals surface area contributed by atoms with Crippen molar-refractivity contribution in [1.82, 2.24) is 15.2 Å². The molecule has 30 heavy (non-hydrogen) atoms. The van der Waals surface area contributed by atoms with Crippen molar-refractivity contribution >= 4 is 23.0 Å². The number of rotatable bonds is 6. The van der Waals surface area contributed by atoms with Crippen LogP contribution in [0.4, 0.5) is 10.4 Å². The molecule has 158 valence electrons. The first-order valence-corrected chi connectivity index (χ1v) is 10.3. The summed E-state index contributed by atoms with van der Waals surface area (Å²) in [6.07, 6.45) is 1.49. The molecule has 0 bridgehead atoms. The number of halogens is 1. The topological polar surface area (TPSA) is 61.6 Å². The summed E-state index contributed by atoms with van der Waals surface area (Å²) in [5.41, 5.74) is 2.48. The lowest BCUT2D eigenvalue weighted by atomic mass is 9.96. The lowest BCUT2D eigenvalue weighted by Gasteiger charge is -2.31. The van der Waals surface area contributed by atoms with Crippen LogP contribution in [0.2, 0.25) is 0 Å². The average molecular weight is 410 g/mol. The van der Waals surface area contributed by atoms with Gasteiger partial charge in [-0.2, -0.15) is 4.98 Å². The predicted octanol–water partition coefficient (Wildman–Crippen LogP) is 3.60. The fraction of sp³-hybridized carbons (Fsp3) is 0.391. The van der Waals surface area contributed by atoms with Gasteiger partial charge in [0, 0.05) is 25.6 Å². The molecular formula is C23H27FN4O2. The van der Waals surface area contributed by atoms with Crippen molar-refractivity contribution < 1.29 is 13.6 Å². The third-order valence-corrected chi connectivity index (χ3v) is 5.75. The van der Waals surface area contributed by atoms with E-state index in [1.54, 1.807) is 6.07 Å². The van der Waals surface area contributed by atoms with Crippen molar-refractivity contribution in [2.45, 2.75) is 18.9 Å². The number of oxazole rings is 1. The van der Waals surface area contributed by atoms with E-state index in [9.17, 15) is 9.18 Å². The van der Waals surface area contributed by atoms with Crippen LogP contribution in [0.3, 0.4) is 0 Å². The van der Waals surface area contributed by atoms with E-state index in [0.717, 1.165) is 42.6 Å². The number of benzene rings is 2. The normalized spacial score (nSPS) is 16.2. The van der Waals surface area contributed by atoms with E-state index in [0.29, 0.717) is 12.6 Å². The first-order valence-electron chi connectivity index (χ1n) is 10.3. The zero-order valence-corrected chi connectivity index (χ0v) is 17.3. The molecule has 1 atom stereocenters. The van der Waals surface area contributed by atoms with Crippen LogP contribution < -0.4 is 10.2 Å². The van der Waals surface area contributed by atoms with Crippen molar-refractivity contribution in [3.63, 3.8) is 0 Å². The Labute approximate surface area is 175 Å². The van der Waals surface area contributed by atoms with E-state index in [4.69, 9.17) is 4.42 Å². The Bertz CT molecular complexity index is 978. The number of carbonyl (C=O) groups excluding carboxylic acids is 1. The summed E-state index contributed by atoms with van der Waals surface area (Å²) >= 11 is 0. The van der Waals surface area contributed by atoms with Crippen LogP contribution in [0, 0.1) is 11.7 Å². The SMILES string of the molecule is CN(C)C(CNC(=O)C1CCN(c2nc3ccccc3o2)CC1)c1cccc(F)c1. The summed E-state index contributed by atoms with van der Waals surface area (Å²) in [5, 5.41) is 3.07. The van der Waals surface area contributed by atoms with Gasteiger partial charge in [-0.25, -0.2) is 4.39 Å². The molecule has 1 amide bonds. The zero-order chi connectivity index (χ0) is 21.1. The van der Waals surface area contributed by atoms with Gasteiger partial charge in [-0.3, -0.25) is 4.79 Å². The molecule has 6 nitrogen and oxygen atoms in total. The highest BCUT2D eigenvalue weighted by molar-refractivity contribution is 5.79. The lowest BCUT2D eigenvalue weighted by Crippen LogP contribution is -2.42. The minimum atomic E-state index is -0.266. The summed E-state index contributed by atoms with van der Waals surface area (Å²) in [5.74, 6) is -0.256. The smallest absolute Gasteiger partial charge is 0.298 e. The Morgan fingerprint density at radius 3 is 2.70 bits per heavy atom. The molecule has 0 saturated carbocycles. The number of carbonyl (C=O) groups is 1. The van der Waals surface area contributed by atoms with E-state index in [-0.39, 0.29) is 23.7 Å². The van der Waals surface area contributed by atoms with Gasteiger partial charge in [0.2, 0.25) is 5.91 Å². The van der Waals surface area contributed by atoms with Gasteiger partial charge in [-0.05, 0) is 56.8 Å². The Morgan fingerprint density at radius 2 is 2.00 bits per heavy atom. The molecule has 1 saturated heterocycles. The molecule has 2 aromatic carbocycles. The summed E-state index contributed by atoms with van der Waals surface area (Å²) in [7, 11) is 3.86. The first-order chi connectivity index (χ1) is 14.5. The van der Waals surface area contributed by atoms with Gasteiger partial charge in [0.1, 0.15) is 11.3 Å². The van der Waals surface area contributed by atoms with Gasteiger partial charge < -0.3 is 19.5 Å². The summed E-state index contributed by atoms with van der Waals surface area (Å²) < 4.78 is 19.4. The van der Waals surface area contributed by atoms with Crippen LogP contribution >= 0.6 is 0 Å². The van der Waals surface area contributed by atoms with Crippen LogP contribution in [0.5, 0.6) is 0 Å². The number of aromatic nitrogens is 1. The molecule has 4 rings (SSSR count). The Balaban J connectivity index is 1.32. The highest BCUT2D eigenvalue weighted by Crippen LogP contribution is 2.26. The summed E-state index contributed by atoms with van der Waals surface area (Å²) in [6.45, 7) is 1.90. The first kappa shape index (κ1) is 20.3. The Morgan fingerprint density at radius 1 is 1.23 bits per heavy atom. The number of amides is 1. The minimum Gasteiger partial charge on any atom is -0.423 e. The monoisotopic (exact) mass is 410 g/mol. The average Bonchev–Trinajstić information content (AvgIpc) is 3.18. The van der Waals surface area contributed by atoms with Crippen molar-refractivity contribution in [2.75, 3.05) is 38.6 Å². The van der Waals surface area contributed by atoms with Gasteiger partial charge in [0.25, 0.3) is 6.01 Å². The number of hydrogen-bond donors (Lipinski definition) is 1. The molecule has 1 aromatic heterocycles. The minimum absolute atomic E-state index is 0.0408. The maximum Gasteiger partial charge on any atom is 0.298 e. The predicted molar refractivity (Wildman–Crippen MR) is 115 cm³/mol. The molecule has 1 unspecified atom stereocenters. The van der Waals surface area contributed by atoms with Gasteiger partial charge in [-0.15, -0.1) is 0 Å². The highest BCUT2D eigenvalue weighted by atomic mass is 19.1. The van der Waals surface area contributed by atoms with Crippen molar-refractivity contribution in [1.29, 1.82) is 0 Å². The summed E-state index contributed by atoms with van der Waals surface area (Å²) in [6, 6.07) is 14.8. The van der Waals surface area contributed by atoms with Crippen LogP contribution in [-0.4, -0.2) is 49.5 Å². The van der Waals surface area contributed by atoms with Gasteiger partial charge in [0.15, 0.2) is 5.58 Å². The van der Waals surface area contributed by atoms with Crippen molar-refractivity contribution in [3.05, 3.63) is 59.9 Å². The standard InChI is InChI=1S/C23H27FN4O2/c1-27(2)20(17-6-5-7-18(24)14-17)15-25-22(29)16-10-12-28(13-11-16)23-26-19-8-3-4-9-21(19)30-23/h3-9,14,16,20H,10-13,15H2,1-2H3,(H,25,29). The lowest BCUT2D eigenvalue weighted by molar-refractivity contribution is -0.125. The van der Waals surface area contributed by atoms with Crippen LogP contribution in [0.1, 0.15) is 24.4 Å². The third kappa shape index (κ3) is 4.46. The highest BCUT2D eigenvalue weighted by Gasteiger charge is 2.28. The third-order valence-electron chi connectivity index (χ3n) is 5.75. The fourth-order valence-corrected chi connectivity index (χ4v) is 3.98. The number of anilines is 1. The molecule has 1 fully saturated rings. The second-order valence-corrected chi connectivity index (χ2v) is 8.01. The molecule has 1 aliphatic rings. The second-order valence-electron chi connectivity index (χ2n) is 8.01. The van der Waals surface area contributed by atoms with E-state index < -0.39 is 0 Å². The van der Waals surface area contributed by atoms with Gasteiger partial charge in [-0.1, -0.05) is 24.3 Å². The van der Waals surface area contributed by atoms with E-state index in [1.165, 1.54) is 12.1 Å². The van der Waals surface area contributed by atoms with E-state index in [1.807, 2.05) is 49.3 Å². The Hall–Kier alpha value is -2.93. The fourth-order valence-electron chi connectivity index (χ4n) is 3.98. The molecule has 2 heterocycles. The molecule has 7 heteroatoms. The van der Waals surface area contributed by atoms with Crippen LogP contribution in [0.25, 0.3) is 11.1 Å². The van der Waals surface area contributed by atoms with Gasteiger partial charge in [0.05, 0.1) is 6.04 Å². The van der Waals surface area contributed by atoms with Gasteiger partial charge >= 0.3 is 0 Å². The number of para-hydroxylation sites is 2. The van der Waals surface area contributed by atoms with Crippen LogP contribution in [-0.2, 0) is 4.79 Å². The maximum atomic E-state index is 13.6. The molecule has 3 aromatic rings. The van der Waals surface area contributed by atoms with Crippen molar-refractivity contribution in [3.8, 4) is 0 Å². The quantitative estimate of drug-likeness (QED) is 0.673. The molecule has 0 radical (unpaired) electrons. The number of nitrogens with one attached hydrogen (secondary N) is 1. The second kappa shape index (κ2) is 8.83. The number of hydrogen-bond acceptors (Lipinski definition) is 5. The van der Waals surface area contributed by atoms with Crippen molar-refractivity contribution in [2.24, 2.45) is 5.92 Å². The molecule has 0 spiro atoms. The maximum absolute atomic E-state index is 13.6. The zero-order valence-electron chi connectivity index (χ0n) is 17.3. The largest absolute Gasteiger partial charge is 0.423 e.